The number of nitrogens with one attached hydrogen (secondary N) is 1. The summed E-state index contributed by atoms with van der Waals surface area (Å²) in [7, 11) is 0. The Labute approximate surface area is 132 Å². The van der Waals surface area contributed by atoms with Crippen LogP contribution in [-0.2, 0) is 0 Å². The smallest absolute Gasteiger partial charge is 0.276 e. The van der Waals surface area contributed by atoms with E-state index >= 15 is 0 Å². The fourth-order valence-corrected chi connectivity index (χ4v) is 1.99. The van der Waals surface area contributed by atoms with E-state index in [0.29, 0.717) is 16.5 Å². The lowest BCUT2D eigenvalue weighted by Gasteiger charge is -2.11. The summed E-state index contributed by atoms with van der Waals surface area (Å²) in [5, 5.41) is 3.27. The average molecular weight is 325 g/mol. The molecule has 1 aromatic heterocycles. The predicted octanol–water partition coefficient (Wildman–Crippen LogP) is 3.74. The molecule has 0 aliphatic heterocycles. The number of hydrogen-bond acceptors (Lipinski definition) is 4. The van der Waals surface area contributed by atoms with E-state index < -0.39 is 5.91 Å². The molecule has 0 fully saturated rings. The van der Waals surface area contributed by atoms with Crippen LogP contribution in [0.2, 0.25) is 10.0 Å². The van der Waals surface area contributed by atoms with Crippen molar-refractivity contribution in [2.24, 2.45) is 0 Å². The highest BCUT2D eigenvalue weighted by molar-refractivity contribution is 6.44. The van der Waals surface area contributed by atoms with Gasteiger partial charge in [0.2, 0.25) is 0 Å². The number of rotatable bonds is 3. The zero-order valence-corrected chi connectivity index (χ0v) is 13.0. The molecule has 0 saturated heterocycles. The van der Waals surface area contributed by atoms with Crippen LogP contribution in [0.5, 0.6) is 0 Å². The lowest BCUT2D eigenvalue weighted by atomic mass is 10.2. The van der Waals surface area contributed by atoms with E-state index in [-0.39, 0.29) is 22.3 Å². The number of nitrogens with zero attached hydrogens (tertiary/aromatic N) is 2. The molecule has 7 heteroatoms. The van der Waals surface area contributed by atoms with E-state index in [9.17, 15) is 4.79 Å². The van der Waals surface area contributed by atoms with Gasteiger partial charge in [-0.25, -0.2) is 9.97 Å². The minimum Gasteiger partial charge on any atom is -0.396 e. The Balaban J connectivity index is 2.32. The Morgan fingerprint density at radius 1 is 1.33 bits per heavy atom. The van der Waals surface area contributed by atoms with Crippen molar-refractivity contribution in [1.82, 2.24) is 9.97 Å². The molecule has 21 heavy (non-hydrogen) atoms. The second-order valence-corrected chi connectivity index (χ2v) is 5.53. The predicted molar refractivity (Wildman–Crippen MR) is 84.9 cm³/mol. The number of carbonyl (C=O) groups is 1. The molecule has 3 N–H and O–H groups in total. The quantitative estimate of drug-likeness (QED) is 0.901. The molecule has 1 heterocycles. The van der Waals surface area contributed by atoms with Crippen LogP contribution in [0.15, 0.2) is 24.4 Å². The Hall–Kier alpha value is -1.85. The highest BCUT2D eigenvalue weighted by Crippen LogP contribution is 2.30. The van der Waals surface area contributed by atoms with Gasteiger partial charge in [-0.15, -0.1) is 0 Å². The molecule has 0 spiro atoms. The van der Waals surface area contributed by atoms with E-state index in [4.69, 9.17) is 28.9 Å². The first-order valence-electron chi connectivity index (χ1n) is 6.28. The van der Waals surface area contributed by atoms with Crippen molar-refractivity contribution in [1.29, 1.82) is 0 Å². The van der Waals surface area contributed by atoms with Crippen LogP contribution in [0.25, 0.3) is 0 Å². The average Bonchev–Trinajstić information content (AvgIpc) is 2.44. The Kier molecular flexibility index (Phi) is 4.65. The standard InChI is InChI=1S/C14H14Cl2N4O/c1-7(2)13-18-6-9(17)12(20-13)14(21)19-10-5-3-4-8(15)11(10)16/h3-7H,17H2,1-2H3,(H,19,21). The van der Waals surface area contributed by atoms with Gasteiger partial charge in [0, 0.05) is 5.92 Å². The van der Waals surface area contributed by atoms with Gasteiger partial charge in [0.25, 0.3) is 5.91 Å². The Morgan fingerprint density at radius 2 is 2.05 bits per heavy atom. The second kappa shape index (κ2) is 6.28. The lowest BCUT2D eigenvalue weighted by Crippen LogP contribution is -2.18. The Morgan fingerprint density at radius 3 is 2.71 bits per heavy atom. The van der Waals surface area contributed by atoms with Crippen LogP contribution in [-0.4, -0.2) is 15.9 Å². The summed E-state index contributed by atoms with van der Waals surface area (Å²) >= 11 is 11.9. The second-order valence-electron chi connectivity index (χ2n) is 4.74. The van der Waals surface area contributed by atoms with Crippen LogP contribution in [0, 0.1) is 0 Å². The minimum absolute atomic E-state index is 0.0897. The number of nitrogen functional groups attached to an aromatic ring is 1. The SMILES string of the molecule is CC(C)c1ncc(N)c(C(=O)Nc2cccc(Cl)c2Cl)n1. The van der Waals surface area contributed by atoms with Gasteiger partial charge in [-0.05, 0) is 12.1 Å². The van der Waals surface area contributed by atoms with Crippen LogP contribution < -0.4 is 11.1 Å². The molecular formula is C14H14Cl2N4O. The van der Waals surface area contributed by atoms with Crippen molar-refractivity contribution in [2.75, 3.05) is 11.1 Å². The monoisotopic (exact) mass is 324 g/mol. The number of halogens is 2. The molecule has 1 amide bonds. The number of aromatic nitrogens is 2. The van der Waals surface area contributed by atoms with Crippen molar-refractivity contribution in [3.63, 3.8) is 0 Å². The van der Waals surface area contributed by atoms with Crippen LogP contribution in [0.4, 0.5) is 11.4 Å². The summed E-state index contributed by atoms with van der Waals surface area (Å²) in [5.74, 6) is 0.180. The summed E-state index contributed by atoms with van der Waals surface area (Å²) in [6.07, 6.45) is 1.43. The summed E-state index contributed by atoms with van der Waals surface area (Å²) < 4.78 is 0. The summed E-state index contributed by atoms with van der Waals surface area (Å²) in [6, 6.07) is 4.97. The molecule has 2 rings (SSSR count). The molecule has 110 valence electrons. The minimum atomic E-state index is -0.457. The first-order chi connectivity index (χ1) is 9.90. The van der Waals surface area contributed by atoms with Gasteiger partial charge in [-0.3, -0.25) is 4.79 Å². The van der Waals surface area contributed by atoms with Crippen molar-refractivity contribution in [3.05, 3.63) is 46.0 Å². The number of carbonyl (C=O) groups excluding carboxylic acids is 1. The molecule has 2 aromatic rings. The molecule has 0 atom stereocenters. The maximum atomic E-state index is 12.3. The van der Waals surface area contributed by atoms with E-state index in [2.05, 4.69) is 15.3 Å². The molecule has 0 aliphatic carbocycles. The summed E-state index contributed by atoms with van der Waals surface area (Å²) in [5.41, 5.74) is 6.49. The molecule has 0 unspecified atom stereocenters. The number of anilines is 2. The maximum Gasteiger partial charge on any atom is 0.276 e. The fourth-order valence-electron chi connectivity index (χ4n) is 1.65. The van der Waals surface area contributed by atoms with Crippen LogP contribution in [0.1, 0.15) is 36.1 Å². The summed E-state index contributed by atoms with van der Waals surface area (Å²) in [4.78, 5) is 20.6. The molecule has 0 bridgehead atoms. The van der Waals surface area contributed by atoms with Gasteiger partial charge < -0.3 is 11.1 Å². The van der Waals surface area contributed by atoms with Crippen molar-refractivity contribution < 1.29 is 4.79 Å². The first kappa shape index (κ1) is 15.5. The third-order valence-electron chi connectivity index (χ3n) is 2.77. The van der Waals surface area contributed by atoms with Gasteiger partial charge in [0.15, 0.2) is 5.69 Å². The number of benzene rings is 1. The Bertz CT molecular complexity index is 689. The van der Waals surface area contributed by atoms with Crippen LogP contribution in [0.3, 0.4) is 0 Å². The highest BCUT2D eigenvalue weighted by atomic mass is 35.5. The normalized spacial score (nSPS) is 10.7. The molecule has 0 saturated carbocycles. The van der Waals surface area contributed by atoms with E-state index in [1.807, 2.05) is 13.8 Å². The third-order valence-corrected chi connectivity index (χ3v) is 3.59. The van der Waals surface area contributed by atoms with Crippen molar-refractivity contribution in [2.45, 2.75) is 19.8 Å². The van der Waals surface area contributed by atoms with Crippen molar-refractivity contribution in [3.8, 4) is 0 Å². The maximum absolute atomic E-state index is 12.3. The van der Waals surface area contributed by atoms with Gasteiger partial charge >= 0.3 is 0 Å². The third kappa shape index (κ3) is 3.43. The zero-order chi connectivity index (χ0) is 15.6. The molecular weight excluding hydrogens is 311 g/mol. The molecule has 0 aliphatic rings. The zero-order valence-electron chi connectivity index (χ0n) is 11.5. The summed E-state index contributed by atoms with van der Waals surface area (Å²) in [6.45, 7) is 3.86. The number of hydrogen-bond donors (Lipinski definition) is 2. The van der Waals surface area contributed by atoms with E-state index in [0.717, 1.165) is 0 Å². The fraction of sp³-hybridized carbons (Fsp3) is 0.214. The topological polar surface area (TPSA) is 80.9 Å². The van der Waals surface area contributed by atoms with Crippen molar-refractivity contribution >= 4 is 40.5 Å². The first-order valence-corrected chi connectivity index (χ1v) is 7.03. The van der Waals surface area contributed by atoms with Gasteiger partial charge in [0.05, 0.1) is 27.6 Å². The van der Waals surface area contributed by atoms with Gasteiger partial charge in [-0.2, -0.15) is 0 Å². The highest BCUT2D eigenvalue weighted by Gasteiger charge is 2.16. The van der Waals surface area contributed by atoms with E-state index in [1.165, 1.54) is 6.20 Å². The number of nitrogens with two attached hydrogens (primary N) is 1. The molecule has 0 radical (unpaired) electrons. The number of amides is 1. The van der Waals surface area contributed by atoms with E-state index in [1.54, 1.807) is 18.2 Å². The lowest BCUT2D eigenvalue weighted by molar-refractivity contribution is 0.102. The molecule has 5 nitrogen and oxygen atoms in total. The van der Waals surface area contributed by atoms with Gasteiger partial charge in [0.1, 0.15) is 5.82 Å². The molecule has 1 aromatic carbocycles. The largest absolute Gasteiger partial charge is 0.396 e. The van der Waals surface area contributed by atoms with Gasteiger partial charge in [-0.1, -0.05) is 43.1 Å². The van der Waals surface area contributed by atoms with Crippen LogP contribution >= 0.6 is 23.2 Å².